The monoisotopic (exact) mass is 326 g/mol. The van der Waals surface area contributed by atoms with Crippen molar-refractivity contribution in [2.24, 2.45) is 0 Å². The van der Waals surface area contributed by atoms with Crippen LogP contribution in [0.2, 0.25) is 0 Å². The van der Waals surface area contributed by atoms with Gasteiger partial charge >= 0.3 is 0 Å². The summed E-state index contributed by atoms with van der Waals surface area (Å²) < 4.78 is 0. The first kappa shape index (κ1) is 18.2. The highest BCUT2D eigenvalue weighted by Crippen LogP contribution is 2.16. The Morgan fingerprint density at radius 3 is 2.29 bits per heavy atom. The van der Waals surface area contributed by atoms with E-state index >= 15 is 0 Å². The van der Waals surface area contributed by atoms with E-state index in [4.69, 9.17) is 0 Å². The molecule has 0 aliphatic rings. The van der Waals surface area contributed by atoms with Crippen molar-refractivity contribution in [3.05, 3.63) is 71.3 Å². The molecule has 3 N–H and O–H groups in total. The molecule has 2 rings (SSSR count). The summed E-state index contributed by atoms with van der Waals surface area (Å²) in [5, 5.41) is 16.3. The SMILES string of the molecule is CC(=O)NCc1ccc(C(C)CNC[C@H](O)c2ccccc2)cc1. The van der Waals surface area contributed by atoms with Crippen LogP contribution in [0.3, 0.4) is 0 Å². The molecule has 0 bridgehead atoms. The number of hydrogen-bond donors (Lipinski definition) is 3. The Morgan fingerprint density at radius 1 is 1.00 bits per heavy atom. The summed E-state index contributed by atoms with van der Waals surface area (Å²) in [6.07, 6.45) is -0.488. The second-order valence-corrected chi connectivity index (χ2v) is 6.14. The lowest BCUT2D eigenvalue weighted by Crippen LogP contribution is -2.25. The molecule has 0 aromatic heterocycles. The van der Waals surface area contributed by atoms with Gasteiger partial charge in [0.2, 0.25) is 5.91 Å². The Bertz CT molecular complexity index is 626. The van der Waals surface area contributed by atoms with Gasteiger partial charge in [0.15, 0.2) is 0 Å². The van der Waals surface area contributed by atoms with Crippen LogP contribution in [0.15, 0.2) is 54.6 Å². The summed E-state index contributed by atoms with van der Waals surface area (Å²) in [4.78, 5) is 10.9. The highest BCUT2D eigenvalue weighted by atomic mass is 16.3. The van der Waals surface area contributed by atoms with E-state index in [1.165, 1.54) is 12.5 Å². The van der Waals surface area contributed by atoms with Gasteiger partial charge in [-0.25, -0.2) is 0 Å². The van der Waals surface area contributed by atoms with Gasteiger partial charge in [0.1, 0.15) is 0 Å². The molecule has 0 fully saturated rings. The van der Waals surface area contributed by atoms with E-state index in [1.54, 1.807) is 0 Å². The average Bonchev–Trinajstić information content (AvgIpc) is 2.61. The Morgan fingerprint density at radius 2 is 1.67 bits per heavy atom. The van der Waals surface area contributed by atoms with Crippen LogP contribution >= 0.6 is 0 Å². The van der Waals surface area contributed by atoms with Crippen LogP contribution in [0, 0.1) is 0 Å². The van der Waals surface area contributed by atoms with E-state index in [1.807, 2.05) is 42.5 Å². The normalized spacial score (nSPS) is 13.3. The molecule has 0 heterocycles. The number of aliphatic hydroxyl groups excluding tert-OH is 1. The molecule has 0 radical (unpaired) electrons. The van der Waals surface area contributed by atoms with Gasteiger partial charge in [0.05, 0.1) is 6.10 Å². The molecule has 0 aliphatic carbocycles. The van der Waals surface area contributed by atoms with E-state index < -0.39 is 6.10 Å². The largest absolute Gasteiger partial charge is 0.387 e. The lowest BCUT2D eigenvalue weighted by Gasteiger charge is -2.16. The van der Waals surface area contributed by atoms with Crippen molar-refractivity contribution in [2.45, 2.75) is 32.4 Å². The standard InChI is InChI=1S/C20H26N2O2/c1-15(12-21-14-20(24)19-6-4-3-5-7-19)18-10-8-17(9-11-18)13-22-16(2)23/h3-11,15,20-21,24H,12-14H2,1-2H3,(H,22,23)/t15?,20-/m0/s1. The second-order valence-electron chi connectivity index (χ2n) is 6.14. The summed E-state index contributed by atoms with van der Waals surface area (Å²) in [6.45, 7) is 5.58. The predicted molar refractivity (Wildman–Crippen MR) is 96.6 cm³/mol. The molecule has 1 amide bonds. The third-order valence-electron chi connectivity index (χ3n) is 4.06. The molecule has 4 heteroatoms. The zero-order valence-electron chi connectivity index (χ0n) is 14.3. The minimum Gasteiger partial charge on any atom is -0.387 e. The van der Waals surface area contributed by atoms with Gasteiger partial charge in [-0.2, -0.15) is 0 Å². The van der Waals surface area contributed by atoms with Crippen LogP contribution in [-0.4, -0.2) is 24.1 Å². The van der Waals surface area contributed by atoms with Gasteiger partial charge < -0.3 is 15.7 Å². The zero-order valence-corrected chi connectivity index (χ0v) is 14.3. The number of nitrogens with one attached hydrogen (secondary N) is 2. The van der Waals surface area contributed by atoms with Crippen molar-refractivity contribution in [3.63, 3.8) is 0 Å². The van der Waals surface area contributed by atoms with Gasteiger partial charge in [0, 0.05) is 26.6 Å². The number of rotatable bonds is 8. The van der Waals surface area contributed by atoms with E-state index in [0.29, 0.717) is 19.0 Å². The first-order valence-corrected chi connectivity index (χ1v) is 8.33. The number of aliphatic hydroxyl groups is 1. The minimum atomic E-state index is -0.488. The highest BCUT2D eigenvalue weighted by molar-refractivity contribution is 5.72. The van der Waals surface area contributed by atoms with Crippen molar-refractivity contribution in [1.82, 2.24) is 10.6 Å². The van der Waals surface area contributed by atoms with Gasteiger partial charge in [-0.05, 0) is 22.6 Å². The summed E-state index contributed by atoms with van der Waals surface area (Å²) in [7, 11) is 0. The van der Waals surface area contributed by atoms with E-state index in [0.717, 1.165) is 17.7 Å². The molecule has 2 aromatic rings. The molecule has 0 saturated carbocycles. The molecule has 4 nitrogen and oxygen atoms in total. The Labute approximate surface area is 143 Å². The molecule has 2 atom stereocenters. The van der Waals surface area contributed by atoms with Gasteiger partial charge in [-0.15, -0.1) is 0 Å². The molecule has 1 unspecified atom stereocenters. The first-order valence-electron chi connectivity index (χ1n) is 8.33. The van der Waals surface area contributed by atoms with Crippen LogP contribution in [0.5, 0.6) is 0 Å². The quantitative estimate of drug-likeness (QED) is 0.699. The first-order chi connectivity index (χ1) is 11.6. The maximum absolute atomic E-state index is 10.9. The molecule has 0 saturated heterocycles. The lowest BCUT2D eigenvalue weighted by molar-refractivity contribution is -0.119. The fourth-order valence-electron chi connectivity index (χ4n) is 2.54. The van der Waals surface area contributed by atoms with E-state index in [2.05, 4.69) is 29.7 Å². The number of carbonyl (C=O) groups excluding carboxylic acids is 1. The zero-order chi connectivity index (χ0) is 17.4. The van der Waals surface area contributed by atoms with Crippen LogP contribution in [0.4, 0.5) is 0 Å². The summed E-state index contributed by atoms with van der Waals surface area (Å²) >= 11 is 0. The topological polar surface area (TPSA) is 61.4 Å². The van der Waals surface area contributed by atoms with E-state index in [-0.39, 0.29) is 5.91 Å². The maximum atomic E-state index is 10.9. The number of carbonyl (C=O) groups is 1. The average molecular weight is 326 g/mol. The van der Waals surface area contributed by atoms with Crippen molar-refractivity contribution in [2.75, 3.05) is 13.1 Å². The number of benzene rings is 2. The predicted octanol–water partition coefficient (Wildman–Crippen LogP) is 2.75. The van der Waals surface area contributed by atoms with Gasteiger partial charge in [-0.1, -0.05) is 61.5 Å². The van der Waals surface area contributed by atoms with Crippen molar-refractivity contribution < 1.29 is 9.90 Å². The van der Waals surface area contributed by atoms with E-state index in [9.17, 15) is 9.90 Å². The summed E-state index contributed by atoms with van der Waals surface area (Å²) in [5.74, 6) is 0.330. The molecule has 2 aromatic carbocycles. The fourth-order valence-corrected chi connectivity index (χ4v) is 2.54. The smallest absolute Gasteiger partial charge is 0.217 e. The molecule has 128 valence electrons. The lowest BCUT2D eigenvalue weighted by atomic mass is 9.99. The van der Waals surface area contributed by atoms with Crippen molar-refractivity contribution >= 4 is 5.91 Å². The molecule has 0 aliphatic heterocycles. The second kappa shape index (κ2) is 9.21. The van der Waals surface area contributed by atoms with Crippen LogP contribution in [0.25, 0.3) is 0 Å². The van der Waals surface area contributed by atoms with Gasteiger partial charge in [0.25, 0.3) is 0 Å². The molecular formula is C20H26N2O2. The Hall–Kier alpha value is -2.17. The third-order valence-corrected chi connectivity index (χ3v) is 4.06. The Kier molecular flexibility index (Phi) is 6.97. The van der Waals surface area contributed by atoms with Crippen LogP contribution in [-0.2, 0) is 11.3 Å². The summed E-state index contributed by atoms with van der Waals surface area (Å²) in [5.41, 5.74) is 3.26. The fraction of sp³-hybridized carbons (Fsp3) is 0.350. The molecular weight excluding hydrogens is 300 g/mol. The highest BCUT2D eigenvalue weighted by Gasteiger charge is 2.09. The van der Waals surface area contributed by atoms with Crippen molar-refractivity contribution in [1.29, 1.82) is 0 Å². The Balaban J connectivity index is 1.77. The van der Waals surface area contributed by atoms with Gasteiger partial charge in [-0.3, -0.25) is 4.79 Å². The molecule has 0 spiro atoms. The minimum absolute atomic E-state index is 0.0198. The number of hydrogen-bond acceptors (Lipinski definition) is 3. The van der Waals surface area contributed by atoms with Crippen LogP contribution < -0.4 is 10.6 Å². The third kappa shape index (κ3) is 5.80. The van der Waals surface area contributed by atoms with Crippen LogP contribution in [0.1, 0.15) is 42.6 Å². The number of amides is 1. The van der Waals surface area contributed by atoms with Crippen molar-refractivity contribution in [3.8, 4) is 0 Å². The molecule has 24 heavy (non-hydrogen) atoms. The summed E-state index contributed by atoms with van der Waals surface area (Å²) in [6, 6.07) is 18.0. The maximum Gasteiger partial charge on any atom is 0.217 e.